The molecule has 1 fully saturated rings. The van der Waals surface area contributed by atoms with Crippen molar-refractivity contribution in [1.29, 1.82) is 0 Å². The van der Waals surface area contributed by atoms with Crippen LogP contribution in [-0.2, 0) is 19.5 Å². The van der Waals surface area contributed by atoms with Gasteiger partial charge in [-0.2, -0.15) is 0 Å². The van der Waals surface area contributed by atoms with E-state index < -0.39 is 0 Å². The quantitative estimate of drug-likeness (QED) is 0.867. The number of hydrogen-bond acceptors (Lipinski definition) is 3. The van der Waals surface area contributed by atoms with E-state index in [1.54, 1.807) is 0 Å². The third-order valence-corrected chi connectivity index (χ3v) is 4.95. The van der Waals surface area contributed by atoms with E-state index in [4.69, 9.17) is 4.98 Å². The average molecular weight is 293 g/mol. The van der Waals surface area contributed by atoms with E-state index in [2.05, 4.69) is 48.1 Å². The molecular weight excluding hydrogens is 270 g/mol. The van der Waals surface area contributed by atoms with Crippen molar-refractivity contribution in [2.75, 3.05) is 6.54 Å². The summed E-state index contributed by atoms with van der Waals surface area (Å²) >= 11 is 0. The van der Waals surface area contributed by atoms with Crippen LogP contribution in [0.4, 0.5) is 0 Å². The maximum Gasteiger partial charge on any atom is 0.131 e. The lowest BCUT2D eigenvalue weighted by Crippen LogP contribution is -2.31. The first-order chi connectivity index (χ1) is 10.7. The van der Waals surface area contributed by atoms with Crippen LogP contribution in [0.2, 0.25) is 0 Å². The number of aromatic nitrogens is 2. The van der Waals surface area contributed by atoms with Crippen molar-refractivity contribution in [3.63, 3.8) is 0 Å². The van der Waals surface area contributed by atoms with Crippen molar-refractivity contribution >= 4 is 0 Å². The van der Waals surface area contributed by atoms with Gasteiger partial charge in [0.1, 0.15) is 5.82 Å². The largest absolute Gasteiger partial charge is 0.294 e. The molecule has 2 aromatic rings. The van der Waals surface area contributed by atoms with Crippen molar-refractivity contribution in [2.24, 2.45) is 0 Å². The van der Waals surface area contributed by atoms with E-state index in [-0.39, 0.29) is 0 Å². The summed E-state index contributed by atoms with van der Waals surface area (Å²) in [5.41, 5.74) is 6.76. The van der Waals surface area contributed by atoms with Crippen LogP contribution in [0.3, 0.4) is 0 Å². The van der Waals surface area contributed by atoms with E-state index >= 15 is 0 Å². The SMILES string of the molecule is Cc1ccc(CN2CCc3nc(C4CC4)ncc3C2)cc1C. The fourth-order valence-electron chi connectivity index (χ4n) is 3.22. The molecule has 0 atom stereocenters. The molecule has 2 heterocycles. The molecule has 0 amide bonds. The lowest BCUT2D eigenvalue weighted by Gasteiger charge is -2.28. The van der Waals surface area contributed by atoms with Gasteiger partial charge >= 0.3 is 0 Å². The number of rotatable bonds is 3. The Morgan fingerprint density at radius 1 is 1.18 bits per heavy atom. The van der Waals surface area contributed by atoms with Gasteiger partial charge in [-0.1, -0.05) is 18.2 Å². The molecule has 2 aliphatic rings. The van der Waals surface area contributed by atoms with Crippen molar-refractivity contribution < 1.29 is 0 Å². The highest BCUT2D eigenvalue weighted by atomic mass is 15.1. The molecule has 114 valence electrons. The molecule has 0 bridgehead atoms. The average Bonchev–Trinajstić information content (AvgIpc) is 3.35. The molecule has 0 radical (unpaired) electrons. The summed E-state index contributed by atoms with van der Waals surface area (Å²) in [4.78, 5) is 11.9. The van der Waals surface area contributed by atoms with Gasteiger partial charge in [0.2, 0.25) is 0 Å². The number of hydrogen-bond donors (Lipinski definition) is 0. The van der Waals surface area contributed by atoms with Crippen LogP contribution in [0.15, 0.2) is 24.4 Å². The predicted molar refractivity (Wildman–Crippen MR) is 87.7 cm³/mol. The Labute approximate surface area is 132 Å². The van der Waals surface area contributed by atoms with E-state index in [0.717, 1.165) is 31.9 Å². The molecule has 1 aromatic carbocycles. The Kier molecular flexibility index (Phi) is 3.45. The summed E-state index contributed by atoms with van der Waals surface area (Å²) in [6.07, 6.45) is 5.68. The first-order valence-corrected chi connectivity index (χ1v) is 8.32. The zero-order valence-corrected chi connectivity index (χ0v) is 13.5. The minimum absolute atomic E-state index is 0.652. The van der Waals surface area contributed by atoms with Gasteiger partial charge in [-0.3, -0.25) is 4.90 Å². The molecule has 3 heteroatoms. The van der Waals surface area contributed by atoms with Crippen LogP contribution in [-0.4, -0.2) is 21.4 Å². The lowest BCUT2D eigenvalue weighted by molar-refractivity contribution is 0.242. The second-order valence-corrected chi connectivity index (χ2v) is 6.85. The number of benzene rings is 1. The number of nitrogens with zero attached hydrogens (tertiary/aromatic N) is 3. The van der Waals surface area contributed by atoms with Gasteiger partial charge < -0.3 is 0 Å². The zero-order valence-electron chi connectivity index (χ0n) is 13.5. The lowest BCUT2D eigenvalue weighted by atomic mass is 10.0. The molecular formula is C19H23N3. The molecule has 1 aromatic heterocycles. The van der Waals surface area contributed by atoms with Gasteiger partial charge in [0.15, 0.2) is 0 Å². The van der Waals surface area contributed by atoms with Gasteiger partial charge in [-0.15, -0.1) is 0 Å². The highest BCUT2D eigenvalue weighted by Crippen LogP contribution is 2.38. The second kappa shape index (κ2) is 5.47. The molecule has 0 saturated heterocycles. The zero-order chi connectivity index (χ0) is 15.1. The van der Waals surface area contributed by atoms with Crippen LogP contribution < -0.4 is 0 Å². The Hall–Kier alpha value is -1.74. The maximum atomic E-state index is 4.80. The van der Waals surface area contributed by atoms with Crippen LogP contribution in [0, 0.1) is 13.8 Å². The van der Waals surface area contributed by atoms with E-state index in [1.807, 2.05) is 0 Å². The summed E-state index contributed by atoms with van der Waals surface area (Å²) in [6, 6.07) is 6.80. The Morgan fingerprint density at radius 3 is 2.82 bits per heavy atom. The number of aryl methyl sites for hydroxylation is 2. The van der Waals surface area contributed by atoms with Crippen LogP contribution in [0.5, 0.6) is 0 Å². The summed E-state index contributed by atoms with van der Waals surface area (Å²) in [6.45, 7) is 7.46. The number of fused-ring (bicyclic) bond motifs is 1. The van der Waals surface area contributed by atoms with E-state index in [0.29, 0.717) is 5.92 Å². The fraction of sp³-hybridized carbons (Fsp3) is 0.474. The highest BCUT2D eigenvalue weighted by molar-refractivity contribution is 5.30. The van der Waals surface area contributed by atoms with Crippen molar-refractivity contribution in [2.45, 2.75) is 52.1 Å². The van der Waals surface area contributed by atoms with Gasteiger partial charge in [0.05, 0.1) is 0 Å². The minimum Gasteiger partial charge on any atom is -0.294 e. The molecule has 4 rings (SSSR count). The van der Waals surface area contributed by atoms with Gasteiger partial charge in [0, 0.05) is 49.4 Å². The van der Waals surface area contributed by atoms with Crippen molar-refractivity contribution in [3.8, 4) is 0 Å². The molecule has 1 aliphatic heterocycles. The first-order valence-electron chi connectivity index (χ1n) is 8.32. The Balaban J connectivity index is 1.48. The normalized spacial score (nSPS) is 18.3. The van der Waals surface area contributed by atoms with Crippen LogP contribution >= 0.6 is 0 Å². The third-order valence-electron chi connectivity index (χ3n) is 4.95. The van der Waals surface area contributed by atoms with Crippen molar-refractivity contribution in [1.82, 2.24) is 14.9 Å². The van der Waals surface area contributed by atoms with Gasteiger partial charge in [0.25, 0.3) is 0 Å². The Bertz CT molecular complexity index is 704. The second-order valence-electron chi connectivity index (χ2n) is 6.85. The molecule has 1 saturated carbocycles. The summed E-state index contributed by atoms with van der Waals surface area (Å²) < 4.78 is 0. The molecule has 1 aliphatic carbocycles. The summed E-state index contributed by atoms with van der Waals surface area (Å²) in [5.74, 6) is 1.74. The van der Waals surface area contributed by atoms with E-state index in [9.17, 15) is 0 Å². The van der Waals surface area contributed by atoms with E-state index in [1.165, 1.54) is 40.8 Å². The maximum absolute atomic E-state index is 4.80. The van der Waals surface area contributed by atoms with Crippen LogP contribution in [0.25, 0.3) is 0 Å². The molecule has 0 spiro atoms. The first kappa shape index (κ1) is 13.9. The highest BCUT2D eigenvalue weighted by Gasteiger charge is 2.28. The molecule has 3 nitrogen and oxygen atoms in total. The van der Waals surface area contributed by atoms with Crippen molar-refractivity contribution in [3.05, 3.63) is 58.2 Å². The van der Waals surface area contributed by atoms with Crippen LogP contribution in [0.1, 0.15) is 52.5 Å². The molecule has 22 heavy (non-hydrogen) atoms. The monoisotopic (exact) mass is 293 g/mol. The summed E-state index contributed by atoms with van der Waals surface area (Å²) in [5, 5.41) is 0. The summed E-state index contributed by atoms with van der Waals surface area (Å²) in [7, 11) is 0. The third kappa shape index (κ3) is 2.78. The standard InChI is InChI=1S/C19H23N3/c1-13-3-4-15(9-14(13)2)11-22-8-7-18-17(12-22)10-20-19(21-18)16-5-6-16/h3-4,9-10,16H,5-8,11-12H2,1-2H3. The molecule has 0 unspecified atom stereocenters. The van der Waals surface area contributed by atoms with Gasteiger partial charge in [-0.05, 0) is 43.4 Å². The fourth-order valence-corrected chi connectivity index (χ4v) is 3.22. The smallest absolute Gasteiger partial charge is 0.131 e. The minimum atomic E-state index is 0.652. The topological polar surface area (TPSA) is 29.0 Å². The van der Waals surface area contributed by atoms with Gasteiger partial charge in [-0.25, -0.2) is 9.97 Å². The Morgan fingerprint density at radius 2 is 2.05 bits per heavy atom. The molecule has 0 N–H and O–H groups in total. The predicted octanol–water partition coefficient (Wildman–Crippen LogP) is 3.53.